The minimum Gasteiger partial charge on any atom is -0.317 e. The average molecular weight is 265 g/mol. The van der Waals surface area contributed by atoms with Crippen molar-refractivity contribution in [1.82, 2.24) is 15.1 Å². The van der Waals surface area contributed by atoms with Gasteiger partial charge in [0, 0.05) is 38.8 Å². The summed E-state index contributed by atoms with van der Waals surface area (Å²) in [5, 5.41) is 3.49. The van der Waals surface area contributed by atoms with Gasteiger partial charge in [-0.25, -0.2) is 0 Å². The Kier molecular flexibility index (Phi) is 4.45. The lowest BCUT2D eigenvalue weighted by molar-refractivity contribution is 0.0582. The van der Waals surface area contributed by atoms with Crippen LogP contribution in [0.2, 0.25) is 0 Å². The molecule has 0 radical (unpaired) electrons. The molecule has 1 saturated carbocycles. The molecule has 0 aromatic carbocycles. The summed E-state index contributed by atoms with van der Waals surface area (Å²) >= 11 is 0. The molecule has 3 nitrogen and oxygen atoms in total. The first-order valence-electron chi connectivity index (χ1n) is 8.42. The normalized spacial score (nSPS) is 30.8. The molecule has 3 rings (SSSR count). The first kappa shape index (κ1) is 13.8. The molecule has 0 atom stereocenters. The fourth-order valence-corrected chi connectivity index (χ4v) is 4.28. The molecule has 3 fully saturated rings. The second kappa shape index (κ2) is 6.11. The van der Waals surface area contributed by atoms with Crippen LogP contribution in [0.4, 0.5) is 0 Å². The summed E-state index contributed by atoms with van der Waals surface area (Å²) in [6.07, 6.45) is 8.57. The maximum absolute atomic E-state index is 3.49. The highest BCUT2D eigenvalue weighted by atomic mass is 15.3. The lowest BCUT2D eigenvalue weighted by Gasteiger charge is -2.43. The Morgan fingerprint density at radius 1 is 1.00 bits per heavy atom. The van der Waals surface area contributed by atoms with E-state index in [1.165, 1.54) is 84.3 Å². The molecule has 2 aliphatic heterocycles. The second-order valence-electron chi connectivity index (χ2n) is 7.31. The van der Waals surface area contributed by atoms with Gasteiger partial charge in [0.05, 0.1) is 0 Å². The van der Waals surface area contributed by atoms with Gasteiger partial charge in [-0.15, -0.1) is 0 Å². The standard InChI is InChI=1S/C16H31N3/c1-16(6-8-17-9-7-16)14-18-10-12-19(13-11-18)15-4-2-3-5-15/h15,17H,2-14H2,1H3. The van der Waals surface area contributed by atoms with Crippen molar-refractivity contribution < 1.29 is 0 Å². The fraction of sp³-hybridized carbons (Fsp3) is 1.00. The van der Waals surface area contributed by atoms with Crippen molar-refractivity contribution in [3.05, 3.63) is 0 Å². The number of nitrogens with zero attached hydrogens (tertiary/aromatic N) is 2. The Morgan fingerprint density at radius 2 is 1.63 bits per heavy atom. The third-order valence-electron chi connectivity index (χ3n) is 5.66. The molecule has 110 valence electrons. The van der Waals surface area contributed by atoms with Crippen LogP contribution in [-0.2, 0) is 0 Å². The molecule has 0 aromatic rings. The highest BCUT2D eigenvalue weighted by Crippen LogP contribution is 2.30. The number of hydrogen-bond acceptors (Lipinski definition) is 3. The summed E-state index contributed by atoms with van der Waals surface area (Å²) < 4.78 is 0. The molecule has 19 heavy (non-hydrogen) atoms. The molecule has 0 bridgehead atoms. The van der Waals surface area contributed by atoms with Gasteiger partial charge in [0.15, 0.2) is 0 Å². The zero-order valence-corrected chi connectivity index (χ0v) is 12.7. The van der Waals surface area contributed by atoms with E-state index in [0.29, 0.717) is 5.41 Å². The highest BCUT2D eigenvalue weighted by molar-refractivity contribution is 4.87. The maximum atomic E-state index is 3.49. The Balaban J connectivity index is 1.44. The molecule has 0 aromatic heterocycles. The summed E-state index contributed by atoms with van der Waals surface area (Å²) in [5.74, 6) is 0. The average Bonchev–Trinajstić information content (AvgIpc) is 2.94. The van der Waals surface area contributed by atoms with Crippen LogP contribution >= 0.6 is 0 Å². The minimum absolute atomic E-state index is 0.570. The quantitative estimate of drug-likeness (QED) is 0.841. The Labute approximate surface area is 118 Å². The molecule has 2 heterocycles. The molecule has 3 heteroatoms. The van der Waals surface area contributed by atoms with Crippen molar-refractivity contribution in [3.63, 3.8) is 0 Å². The number of piperazine rings is 1. The topological polar surface area (TPSA) is 18.5 Å². The van der Waals surface area contributed by atoms with E-state index in [2.05, 4.69) is 22.0 Å². The zero-order chi connectivity index (χ0) is 13.1. The first-order valence-corrected chi connectivity index (χ1v) is 8.42. The van der Waals surface area contributed by atoms with Crippen LogP contribution in [0.25, 0.3) is 0 Å². The monoisotopic (exact) mass is 265 g/mol. The summed E-state index contributed by atoms with van der Waals surface area (Å²) in [4.78, 5) is 5.50. The third kappa shape index (κ3) is 3.50. The fourth-order valence-electron chi connectivity index (χ4n) is 4.28. The van der Waals surface area contributed by atoms with Crippen LogP contribution in [0.1, 0.15) is 45.4 Å². The van der Waals surface area contributed by atoms with Crippen molar-refractivity contribution in [2.75, 3.05) is 45.8 Å². The van der Waals surface area contributed by atoms with E-state index in [9.17, 15) is 0 Å². The van der Waals surface area contributed by atoms with Crippen molar-refractivity contribution in [2.24, 2.45) is 5.41 Å². The van der Waals surface area contributed by atoms with Crippen LogP contribution in [0, 0.1) is 5.41 Å². The van der Waals surface area contributed by atoms with Gasteiger partial charge in [0.2, 0.25) is 0 Å². The number of piperidine rings is 1. The Morgan fingerprint density at radius 3 is 2.26 bits per heavy atom. The van der Waals surface area contributed by atoms with E-state index in [1.807, 2.05) is 0 Å². The smallest absolute Gasteiger partial charge is 0.0113 e. The van der Waals surface area contributed by atoms with E-state index >= 15 is 0 Å². The zero-order valence-electron chi connectivity index (χ0n) is 12.7. The number of nitrogens with one attached hydrogen (secondary N) is 1. The van der Waals surface area contributed by atoms with E-state index < -0.39 is 0 Å². The number of hydrogen-bond donors (Lipinski definition) is 1. The first-order chi connectivity index (χ1) is 9.25. The predicted molar refractivity (Wildman–Crippen MR) is 80.5 cm³/mol. The molecule has 0 amide bonds. The van der Waals surface area contributed by atoms with E-state index in [-0.39, 0.29) is 0 Å². The Hall–Kier alpha value is -0.120. The second-order valence-corrected chi connectivity index (χ2v) is 7.31. The van der Waals surface area contributed by atoms with Gasteiger partial charge < -0.3 is 10.2 Å². The van der Waals surface area contributed by atoms with Crippen LogP contribution in [0.5, 0.6) is 0 Å². The van der Waals surface area contributed by atoms with Gasteiger partial charge in [0.1, 0.15) is 0 Å². The van der Waals surface area contributed by atoms with Crippen LogP contribution in [0.3, 0.4) is 0 Å². The largest absolute Gasteiger partial charge is 0.317 e. The molecule has 0 spiro atoms. The van der Waals surface area contributed by atoms with Gasteiger partial charge in [-0.1, -0.05) is 19.8 Å². The molecule has 3 aliphatic rings. The molecular weight excluding hydrogens is 234 g/mol. The Bertz CT molecular complexity index is 272. The molecule has 1 aliphatic carbocycles. The lowest BCUT2D eigenvalue weighted by Crippen LogP contribution is -2.53. The van der Waals surface area contributed by atoms with Crippen LogP contribution in [0.15, 0.2) is 0 Å². The van der Waals surface area contributed by atoms with Crippen molar-refractivity contribution in [1.29, 1.82) is 0 Å². The van der Waals surface area contributed by atoms with E-state index in [0.717, 1.165) is 6.04 Å². The SMILES string of the molecule is CC1(CN2CCN(C3CCCC3)CC2)CCNCC1. The summed E-state index contributed by atoms with van der Waals surface area (Å²) in [6.45, 7) is 11.5. The minimum atomic E-state index is 0.570. The summed E-state index contributed by atoms with van der Waals surface area (Å²) in [5.41, 5.74) is 0.570. The van der Waals surface area contributed by atoms with Gasteiger partial charge in [-0.05, 0) is 44.2 Å². The van der Waals surface area contributed by atoms with Crippen LogP contribution < -0.4 is 5.32 Å². The molecule has 2 saturated heterocycles. The van der Waals surface area contributed by atoms with E-state index in [4.69, 9.17) is 0 Å². The number of rotatable bonds is 3. The van der Waals surface area contributed by atoms with Gasteiger partial charge in [-0.2, -0.15) is 0 Å². The predicted octanol–water partition coefficient (Wildman–Crippen LogP) is 1.94. The molecular formula is C16H31N3. The van der Waals surface area contributed by atoms with Gasteiger partial charge in [0.25, 0.3) is 0 Å². The van der Waals surface area contributed by atoms with Crippen molar-refractivity contribution in [3.8, 4) is 0 Å². The third-order valence-corrected chi connectivity index (χ3v) is 5.66. The summed E-state index contributed by atoms with van der Waals surface area (Å²) in [6, 6.07) is 0.927. The van der Waals surface area contributed by atoms with Gasteiger partial charge in [-0.3, -0.25) is 4.90 Å². The van der Waals surface area contributed by atoms with Gasteiger partial charge >= 0.3 is 0 Å². The molecule has 0 unspecified atom stereocenters. The van der Waals surface area contributed by atoms with Crippen LogP contribution in [-0.4, -0.2) is 61.7 Å². The van der Waals surface area contributed by atoms with Crippen molar-refractivity contribution in [2.45, 2.75) is 51.5 Å². The maximum Gasteiger partial charge on any atom is 0.0113 e. The lowest BCUT2D eigenvalue weighted by atomic mass is 9.80. The van der Waals surface area contributed by atoms with E-state index in [1.54, 1.807) is 0 Å². The van der Waals surface area contributed by atoms with Crippen molar-refractivity contribution >= 4 is 0 Å². The highest BCUT2D eigenvalue weighted by Gasteiger charge is 2.31. The summed E-state index contributed by atoms with van der Waals surface area (Å²) in [7, 11) is 0. The molecule has 1 N–H and O–H groups in total.